The summed E-state index contributed by atoms with van der Waals surface area (Å²) in [5.41, 5.74) is 5.68. The predicted molar refractivity (Wildman–Crippen MR) is 94.8 cm³/mol. The van der Waals surface area contributed by atoms with Crippen molar-refractivity contribution in [2.75, 3.05) is 13.6 Å². The smallest absolute Gasteiger partial charge is 0.123 e. The van der Waals surface area contributed by atoms with Gasteiger partial charge in [0.05, 0.1) is 0 Å². The van der Waals surface area contributed by atoms with Crippen molar-refractivity contribution in [3.05, 3.63) is 71.2 Å². The zero-order valence-electron chi connectivity index (χ0n) is 13.9. The maximum absolute atomic E-state index is 13.3. The van der Waals surface area contributed by atoms with Crippen LogP contribution in [0.3, 0.4) is 0 Å². The first-order valence-electron chi connectivity index (χ1n) is 8.74. The molecule has 3 heteroatoms. The van der Waals surface area contributed by atoms with Crippen LogP contribution in [0.4, 0.5) is 4.39 Å². The van der Waals surface area contributed by atoms with Crippen molar-refractivity contribution in [1.82, 2.24) is 9.47 Å². The van der Waals surface area contributed by atoms with Gasteiger partial charge in [0, 0.05) is 48.1 Å². The van der Waals surface area contributed by atoms with Crippen LogP contribution in [0.5, 0.6) is 0 Å². The van der Waals surface area contributed by atoms with Gasteiger partial charge in [-0.15, -0.1) is 0 Å². The quantitative estimate of drug-likeness (QED) is 0.641. The third-order valence-electron chi connectivity index (χ3n) is 5.78. The van der Waals surface area contributed by atoms with Gasteiger partial charge >= 0.3 is 0 Å². The number of likely N-dealkylation sites (N-methyl/N-ethyl adjacent to an activating group) is 1. The Morgan fingerprint density at radius 1 is 0.958 bits per heavy atom. The summed E-state index contributed by atoms with van der Waals surface area (Å²) in [4.78, 5) is 2.44. The van der Waals surface area contributed by atoms with Crippen LogP contribution >= 0.6 is 0 Å². The number of aromatic nitrogens is 1. The molecule has 2 nitrogen and oxygen atoms in total. The third kappa shape index (κ3) is 2.04. The average Bonchev–Trinajstić information content (AvgIpc) is 2.91. The SMILES string of the molecule is CN1Cc2c3n(c4ccccc24)CC(c2ccc(F)cc2)CC3C1. The van der Waals surface area contributed by atoms with E-state index in [1.165, 1.54) is 22.0 Å². The highest BCUT2D eigenvalue weighted by atomic mass is 19.1. The first kappa shape index (κ1) is 14.2. The summed E-state index contributed by atoms with van der Waals surface area (Å²) in [5.74, 6) is 0.870. The minimum absolute atomic E-state index is 0.152. The molecule has 3 heterocycles. The van der Waals surface area contributed by atoms with Crippen LogP contribution in [-0.4, -0.2) is 23.1 Å². The summed E-state index contributed by atoms with van der Waals surface area (Å²) < 4.78 is 15.8. The van der Waals surface area contributed by atoms with Gasteiger partial charge in [-0.1, -0.05) is 30.3 Å². The lowest BCUT2D eigenvalue weighted by molar-refractivity contribution is 0.244. The summed E-state index contributed by atoms with van der Waals surface area (Å²) in [7, 11) is 2.22. The van der Waals surface area contributed by atoms with E-state index >= 15 is 0 Å². The van der Waals surface area contributed by atoms with Gasteiger partial charge in [0.2, 0.25) is 0 Å². The number of nitrogens with zero attached hydrogens (tertiary/aromatic N) is 2. The van der Waals surface area contributed by atoms with Gasteiger partial charge in [-0.05, 0) is 42.8 Å². The predicted octanol–water partition coefficient (Wildman–Crippen LogP) is 4.50. The molecule has 2 unspecified atom stereocenters. The van der Waals surface area contributed by atoms with Crippen LogP contribution in [0.1, 0.15) is 35.1 Å². The van der Waals surface area contributed by atoms with Crippen LogP contribution in [0, 0.1) is 5.82 Å². The van der Waals surface area contributed by atoms with Crippen molar-refractivity contribution < 1.29 is 4.39 Å². The fourth-order valence-electron chi connectivity index (χ4n) is 4.82. The van der Waals surface area contributed by atoms with E-state index in [-0.39, 0.29) is 5.82 Å². The van der Waals surface area contributed by atoms with Gasteiger partial charge in [0.15, 0.2) is 0 Å². The molecule has 0 saturated heterocycles. The molecule has 0 spiro atoms. The first-order valence-corrected chi connectivity index (χ1v) is 8.74. The van der Waals surface area contributed by atoms with Crippen molar-refractivity contribution in [1.29, 1.82) is 0 Å². The molecular formula is C21H21FN2. The molecule has 0 bridgehead atoms. The molecule has 0 aliphatic carbocycles. The van der Waals surface area contributed by atoms with E-state index in [1.54, 1.807) is 17.8 Å². The van der Waals surface area contributed by atoms with Gasteiger partial charge < -0.3 is 9.47 Å². The molecule has 122 valence electrons. The highest BCUT2D eigenvalue weighted by molar-refractivity contribution is 5.86. The van der Waals surface area contributed by atoms with Gasteiger partial charge in [-0.3, -0.25) is 0 Å². The Kier molecular flexibility index (Phi) is 3.07. The number of fused-ring (bicyclic) bond motifs is 3. The second kappa shape index (κ2) is 5.18. The zero-order valence-corrected chi connectivity index (χ0v) is 13.9. The van der Waals surface area contributed by atoms with Gasteiger partial charge in [-0.25, -0.2) is 4.39 Å². The van der Waals surface area contributed by atoms with Crippen molar-refractivity contribution >= 4 is 10.9 Å². The zero-order chi connectivity index (χ0) is 16.3. The number of rotatable bonds is 1. The van der Waals surface area contributed by atoms with E-state index in [2.05, 4.69) is 40.8 Å². The second-order valence-corrected chi connectivity index (χ2v) is 7.37. The largest absolute Gasteiger partial charge is 0.343 e. The molecule has 0 radical (unpaired) electrons. The molecule has 3 aromatic rings. The molecule has 2 aliphatic rings. The Morgan fingerprint density at radius 3 is 2.58 bits per heavy atom. The van der Waals surface area contributed by atoms with Gasteiger partial charge in [0.25, 0.3) is 0 Å². The molecule has 24 heavy (non-hydrogen) atoms. The van der Waals surface area contributed by atoms with Crippen molar-refractivity contribution in [3.63, 3.8) is 0 Å². The lowest BCUT2D eigenvalue weighted by atomic mass is 9.81. The van der Waals surface area contributed by atoms with Crippen molar-refractivity contribution in [2.24, 2.45) is 0 Å². The van der Waals surface area contributed by atoms with Crippen LogP contribution in [-0.2, 0) is 13.1 Å². The average molecular weight is 320 g/mol. The third-order valence-corrected chi connectivity index (χ3v) is 5.78. The van der Waals surface area contributed by atoms with Crippen LogP contribution in [0.25, 0.3) is 10.9 Å². The number of para-hydroxylation sites is 1. The minimum atomic E-state index is -0.152. The monoisotopic (exact) mass is 320 g/mol. The molecular weight excluding hydrogens is 299 g/mol. The van der Waals surface area contributed by atoms with Crippen molar-refractivity contribution in [3.8, 4) is 0 Å². The fourth-order valence-corrected chi connectivity index (χ4v) is 4.82. The molecule has 2 aliphatic heterocycles. The van der Waals surface area contributed by atoms with E-state index in [0.29, 0.717) is 11.8 Å². The molecule has 2 atom stereocenters. The maximum Gasteiger partial charge on any atom is 0.123 e. The van der Waals surface area contributed by atoms with E-state index < -0.39 is 0 Å². The van der Waals surface area contributed by atoms with Crippen LogP contribution < -0.4 is 0 Å². The number of halogens is 1. The van der Waals surface area contributed by atoms with Gasteiger partial charge in [0.1, 0.15) is 5.82 Å². The first-order chi connectivity index (χ1) is 11.7. The molecule has 5 rings (SSSR count). The van der Waals surface area contributed by atoms with Crippen molar-refractivity contribution in [2.45, 2.75) is 31.3 Å². The standard InChI is InChI=1S/C21H21FN2/c1-23-11-16-10-15(14-6-8-17(22)9-7-14)12-24-20-5-3-2-4-18(20)19(13-23)21(16)24/h2-9,15-16H,10-13H2,1H3. The Bertz CT molecular complexity index is 909. The van der Waals surface area contributed by atoms with Gasteiger partial charge in [-0.2, -0.15) is 0 Å². The lowest BCUT2D eigenvalue weighted by Crippen LogP contribution is -2.35. The lowest BCUT2D eigenvalue weighted by Gasteiger charge is -2.38. The summed E-state index contributed by atoms with van der Waals surface area (Å²) >= 11 is 0. The fraction of sp³-hybridized carbons (Fsp3) is 0.333. The molecule has 0 amide bonds. The summed E-state index contributed by atoms with van der Waals surface area (Å²) in [6, 6.07) is 15.9. The normalized spacial score (nSPS) is 23.4. The molecule has 0 saturated carbocycles. The van der Waals surface area contributed by atoms with Crippen LogP contribution in [0.2, 0.25) is 0 Å². The summed E-state index contributed by atoms with van der Waals surface area (Å²) in [5, 5.41) is 1.41. The number of benzene rings is 2. The molecule has 0 fully saturated rings. The number of hydrogen-bond donors (Lipinski definition) is 0. The van der Waals surface area contributed by atoms with Crippen LogP contribution in [0.15, 0.2) is 48.5 Å². The molecule has 1 aromatic heterocycles. The maximum atomic E-state index is 13.3. The topological polar surface area (TPSA) is 8.17 Å². The van der Waals surface area contributed by atoms with E-state index in [1.807, 2.05) is 12.1 Å². The Morgan fingerprint density at radius 2 is 1.75 bits per heavy atom. The van der Waals surface area contributed by atoms with E-state index in [9.17, 15) is 4.39 Å². The molecule has 0 N–H and O–H groups in total. The van der Waals surface area contributed by atoms with E-state index in [0.717, 1.165) is 26.1 Å². The Hall–Kier alpha value is -2.13. The highest BCUT2D eigenvalue weighted by Crippen LogP contribution is 2.45. The summed E-state index contributed by atoms with van der Waals surface area (Å²) in [6.45, 7) is 3.16. The molecule has 2 aromatic carbocycles. The Labute approximate surface area is 141 Å². The Balaban J connectivity index is 1.67. The highest BCUT2D eigenvalue weighted by Gasteiger charge is 2.36. The minimum Gasteiger partial charge on any atom is -0.343 e. The number of hydrogen-bond acceptors (Lipinski definition) is 1. The summed E-state index contributed by atoms with van der Waals surface area (Å²) in [6.07, 6.45) is 1.15. The van der Waals surface area contributed by atoms with E-state index in [4.69, 9.17) is 0 Å². The second-order valence-electron chi connectivity index (χ2n) is 7.37.